The standard InChI is InChI=1S/C13H22N4O4S/c1-4-5-9-21-13(18)16(8-6-7-15(2)3)12-14-10-11(22-12)17(19)20/h10H,4-9H2,1-3H3. The van der Waals surface area contributed by atoms with Crippen LogP contribution in [0.5, 0.6) is 0 Å². The van der Waals surface area contributed by atoms with Crippen molar-refractivity contribution in [1.82, 2.24) is 9.88 Å². The van der Waals surface area contributed by atoms with Crippen LogP contribution in [-0.2, 0) is 4.74 Å². The molecule has 0 aliphatic heterocycles. The quantitative estimate of drug-likeness (QED) is 0.393. The number of aromatic nitrogens is 1. The molecule has 9 heteroatoms. The fourth-order valence-electron chi connectivity index (χ4n) is 1.66. The Morgan fingerprint density at radius 3 is 2.68 bits per heavy atom. The lowest BCUT2D eigenvalue weighted by Crippen LogP contribution is -2.34. The van der Waals surface area contributed by atoms with E-state index in [1.54, 1.807) is 0 Å². The molecule has 1 heterocycles. The summed E-state index contributed by atoms with van der Waals surface area (Å²) >= 11 is 0.877. The Morgan fingerprint density at radius 1 is 1.41 bits per heavy atom. The zero-order valence-electron chi connectivity index (χ0n) is 13.2. The van der Waals surface area contributed by atoms with Gasteiger partial charge in [0.2, 0.25) is 5.13 Å². The van der Waals surface area contributed by atoms with Crippen molar-refractivity contribution in [3.8, 4) is 0 Å². The van der Waals surface area contributed by atoms with Crippen LogP contribution < -0.4 is 4.90 Å². The van der Waals surface area contributed by atoms with Gasteiger partial charge in [0.25, 0.3) is 0 Å². The number of unbranched alkanes of at least 4 members (excludes halogenated alkanes) is 1. The van der Waals surface area contributed by atoms with Crippen LogP contribution >= 0.6 is 11.3 Å². The van der Waals surface area contributed by atoms with Gasteiger partial charge in [-0.05, 0) is 44.8 Å². The van der Waals surface area contributed by atoms with Gasteiger partial charge in [-0.25, -0.2) is 9.78 Å². The number of amides is 1. The predicted octanol–water partition coefficient (Wildman–Crippen LogP) is 2.75. The molecule has 0 atom stereocenters. The molecule has 1 amide bonds. The molecule has 1 aromatic heterocycles. The Hall–Kier alpha value is -1.74. The van der Waals surface area contributed by atoms with Crippen LogP contribution in [0.1, 0.15) is 26.2 Å². The van der Waals surface area contributed by atoms with Gasteiger partial charge in [-0.3, -0.25) is 15.0 Å². The molecule has 0 aliphatic carbocycles. The van der Waals surface area contributed by atoms with Crippen molar-refractivity contribution in [3.05, 3.63) is 16.3 Å². The predicted molar refractivity (Wildman–Crippen MR) is 85.5 cm³/mol. The zero-order chi connectivity index (χ0) is 16.5. The highest BCUT2D eigenvalue weighted by Gasteiger charge is 2.23. The number of hydrogen-bond donors (Lipinski definition) is 0. The number of carbonyl (C=O) groups excluding carboxylic acids is 1. The molecule has 22 heavy (non-hydrogen) atoms. The molecule has 0 unspecified atom stereocenters. The van der Waals surface area contributed by atoms with Gasteiger partial charge in [0, 0.05) is 6.54 Å². The van der Waals surface area contributed by atoms with Gasteiger partial charge in [-0.15, -0.1) is 0 Å². The number of nitrogens with zero attached hydrogens (tertiary/aromatic N) is 4. The monoisotopic (exact) mass is 330 g/mol. The molecule has 0 N–H and O–H groups in total. The van der Waals surface area contributed by atoms with E-state index in [0.29, 0.717) is 18.3 Å². The molecule has 1 rings (SSSR count). The van der Waals surface area contributed by atoms with Crippen LogP contribution in [0.4, 0.5) is 14.9 Å². The van der Waals surface area contributed by atoms with E-state index in [-0.39, 0.29) is 5.00 Å². The summed E-state index contributed by atoms with van der Waals surface area (Å²) in [5, 5.41) is 11.0. The smallest absolute Gasteiger partial charge is 0.416 e. The van der Waals surface area contributed by atoms with Crippen LogP contribution in [0.2, 0.25) is 0 Å². The first-order valence-electron chi connectivity index (χ1n) is 7.15. The zero-order valence-corrected chi connectivity index (χ0v) is 14.0. The third-order valence-corrected chi connectivity index (χ3v) is 3.79. The first-order valence-corrected chi connectivity index (χ1v) is 7.96. The van der Waals surface area contributed by atoms with Gasteiger partial charge in [0.1, 0.15) is 6.20 Å². The van der Waals surface area contributed by atoms with E-state index in [0.717, 1.165) is 43.3 Å². The van der Waals surface area contributed by atoms with Crippen LogP contribution in [0.15, 0.2) is 6.20 Å². The maximum atomic E-state index is 12.2. The number of nitro groups is 1. The van der Waals surface area contributed by atoms with Crippen molar-refractivity contribution in [2.45, 2.75) is 26.2 Å². The maximum Gasteiger partial charge on any atom is 0.416 e. The Morgan fingerprint density at radius 2 is 2.14 bits per heavy atom. The molecule has 0 saturated carbocycles. The second-order valence-electron chi connectivity index (χ2n) is 5.01. The Bertz CT molecular complexity index is 492. The number of ether oxygens (including phenoxy) is 1. The van der Waals surface area contributed by atoms with E-state index in [1.807, 2.05) is 25.9 Å². The van der Waals surface area contributed by atoms with Gasteiger partial charge in [-0.2, -0.15) is 0 Å². The molecule has 0 aromatic carbocycles. The minimum Gasteiger partial charge on any atom is -0.449 e. The molecule has 1 aromatic rings. The summed E-state index contributed by atoms with van der Waals surface area (Å²) in [6, 6.07) is 0. The molecule has 0 aliphatic rings. The minimum atomic E-state index is -0.512. The molecule has 0 spiro atoms. The second-order valence-corrected chi connectivity index (χ2v) is 6.00. The summed E-state index contributed by atoms with van der Waals surface area (Å²) in [6.45, 7) is 3.56. The fraction of sp³-hybridized carbons (Fsp3) is 0.692. The first-order chi connectivity index (χ1) is 10.5. The van der Waals surface area contributed by atoms with Crippen LogP contribution in [0.25, 0.3) is 0 Å². The van der Waals surface area contributed by atoms with Crippen molar-refractivity contribution < 1.29 is 14.5 Å². The summed E-state index contributed by atoms with van der Waals surface area (Å²) in [5.74, 6) is 0. The second kappa shape index (κ2) is 9.31. The lowest BCUT2D eigenvalue weighted by molar-refractivity contribution is -0.380. The SMILES string of the molecule is CCCCOC(=O)N(CCCN(C)C)c1ncc([N+](=O)[O-])s1. The fourth-order valence-corrected chi connectivity index (χ4v) is 2.41. The largest absolute Gasteiger partial charge is 0.449 e. The number of thiazole rings is 1. The van der Waals surface area contributed by atoms with Crippen molar-refractivity contribution in [1.29, 1.82) is 0 Å². The van der Waals surface area contributed by atoms with Crippen LogP contribution in [0.3, 0.4) is 0 Å². The summed E-state index contributed by atoms with van der Waals surface area (Å²) in [5.41, 5.74) is 0. The van der Waals surface area contributed by atoms with E-state index in [1.165, 1.54) is 4.90 Å². The topological polar surface area (TPSA) is 88.8 Å². The van der Waals surface area contributed by atoms with Gasteiger partial charge in [0.05, 0.1) is 11.5 Å². The highest BCUT2D eigenvalue weighted by molar-refractivity contribution is 7.18. The summed E-state index contributed by atoms with van der Waals surface area (Å²) in [7, 11) is 3.89. The molecule has 0 fully saturated rings. The van der Waals surface area contributed by atoms with Gasteiger partial charge in [-0.1, -0.05) is 13.3 Å². The van der Waals surface area contributed by atoms with Crippen molar-refractivity contribution in [3.63, 3.8) is 0 Å². The van der Waals surface area contributed by atoms with Gasteiger partial charge in [0.15, 0.2) is 0 Å². The maximum absolute atomic E-state index is 12.2. The minimum absolute atomic E-state index is 0.0889. The molecular weight excluding hydrogens is 308 g/mol. The molecule has 8 nitrogen and oxygen atoms in total. The number of rotatable bonds is 9. The van der Waals surface area contributed by atoms with Crippen molar-refractivity contribution >= 4 is 27.6 Å². The third kappa shape index (κ3) is 5.94. The number of carbonyl (C=O) groups is 1. The molecule has 0 radical (unpaired) electrons. The van der Waals surface area contributed by atoms with Crippen molar-refractivity contribution in [2.24, 2.45) is 0 Å². The Kier molecular flexibility index (Phi) is 7.75. The van der Waals surface area contributed by atoms with E-state index in [2.05, 4.69) is 4.98 Å². The van der Waals surface area contributed by atoms with E-state index < -0.39 is 11.0 Å². The van der Waals surface area contributed by atoms with E-state index in [9.17, 15) is 14.9 Å². The summed E-state index contributed by atoms with van der Waals surface area (Å²) in [4.78, 5) is 29.8. The first kappa shape index (κ1) is 18.3. The number of hydrogen-bond acceptors (Lipinski definition) is 7. The summed E-state index contributed by atoms with van der Waals surface area (Å²) in [6.07, 6.45) is 3.10. The van der Waals surface area contributed by atoms with Crippen LogP contribution in [0, 0.1) is 10.1 Å². The van der Waals surface area contributed by atoms with Gasteiger partial charge >= 0.3 is 11.1 Å². The van der Waals surface area contributed by atoms with Gasteiger partial charge < -0.3 is 9.64 Å². The Labute approximate surface area is 133 Å². The summed E-state index contributed by atoms with van der Waals surface area (Å²) < 4.78 is 5.20. The van der Waals surface area contributed by atoms with Crippen LogP contribution in [-0.4, -0.2) is 54.7 Å². The molecular formula is C13H22N4O4S. The molecule has 124 valence electrons. The highest BCUT2D eigenvalue weighted by Crippen LogP contribution is 2.28. The highest BCUT2D eigenvalue weighted by atomic mass is 32.1. The van der Waals surface area contributed by atoms with E-state index in [4.69, 9.17) is 4.74 Å². The van der Waals surface area contributed by atoms with Crippen molar-refractivity contribution in [2.75, 3.05) is 38.7 Å². The normalized spacial score (nSPS) is 10.7. The third-order valence-electron chi connectivity index (χ3n) is 2.82. The molecule has 0 bridgehead atoms. The average molecular weight is 330 g/mol. The Balaban J connectivity index is 2.75. The average Bonchev–Trinajstić information content (AvgIpc) is 2.93. The van der Waals surface area contributed by atoms with E-state index >= 15 is 0 Å². The number of anilines is 1. The molecule has 0 saturated heterocycles. The lowest BCUT2D eigenvalue weighted by atomic mass is 10.4. The lowest BCUT2D eigenvalue weighted by Gasteiger charge is -2.20.